The second-order valence-corrected chi connectivity index (χ2v) is 7.15. The van der Waals surface area contributed by atoms with E-state index in [-0.39, 0.29) is 10.6 Å². The first-order valence-corrected chi connectivity index (χ1v) is 8.95. The number of hydrogen-bond donors (Lipinski definition) is 2. The van der Waals surface area contributed by atoms with E-state index in [1.165, 1.54) is 53.2 Å². The van der Waals surface area contributed by atoms with E-state index in [1.807, 2.05) is 0 Å². The van der Waals surface area contributed by atoms with Crippen LogP contribution < -0.4 is 5.14 Å². The molecule has 9 heteroatoms. The summed E-state index contributed by atoms with van der Waals surface area (Å²) >= 11 is 0. The lowest BCUT2D eigenvalue weighted by atomic mass is 10.1. The van der Waals surface area contributed by atoms with Gasteiger partial charge in [-0.15, -0.1) is 0 Å². The fourth-order valence-corrected chi connectivity index (χ4v) is 3.13. The summed E-state index contributed by atoms with van der Waals surface area (Å²) in [6, 6.07) is 11.1. The molecule has 0 saturated carbocycles. The first-order valence-electron chi connectivity index (χ1n) is 7.40. The van der Waals surface area contributed by atoms with Crippen molar-refractivity contribution in [3.63, 3.8) is 0 Å². The number of carboxylic acid groups (broad SMARTS) is 1. The van der Waals surface area contributed by atoms with Gasteiger partial charge >= 0.3 is 5.97 Å². The van der Waals surface area contributed by atoms with Crippen molar-refractivity contribution in [2.45, 2.75) is 11.8 Å². The van der Waals surface area contributed by atoms with Gasteiger partial charge in [0.25, 0.3) is 0 Å². The van der Waals surface area contributed by atoms with E-state index < -0.39 is 21.8 Å². The van der Waals surface area contributed by atoms with Gasteiger partial charge in [-0.1, -0.05) is 0 Å². The SMILES string of the molecule is Cc1c(C(=O)O)nn(-c2ccc(S(N)(=O)=O)cc2)c1-c1ccc(F)cc1. The van der Waals surface area contributed by atoms with Gasteiger partial charge in [0, 0.05) is 11.1 Å². The molecular formula is C17H14FN3O4S. The maximum Gasteiger partial charge on any atom is 0.356 e. The average molecular weight is 375 g/mol. The van der Waals surface area contributed by atoms with Crippen molar-refractivity contribution in [3.05, 3.63) is 65.6 Å². The first kappa shape index (κ1) is 17.8. The lowest BCUT2D eigenvalue weighted by Gasteiger charge is -2.09. The summed E-state index contributed by atoms with van der Waals surface area (Å²) < 4.78 is 37.4. The highest BCUT2D eigenvalue weighted by Crippen LogP contribution is 2.29. The van der Waals surface area contributed by atoms with Crippen LogP contribution in [0.3, 0.4) is 0 Å². The van der Waals surface area contributed by atoms with Crippen molar-refractivity contribution < 1.29 is 22.7 Å². The van der Waals surface area contributed by atoms with Gasteiger partial charge in [-0.3, -0.25) is 0 Å². The number of hydrogen-bond acceptors (Lipinski definition) is 4. The van der Waals surface area contributed by atoms with Crippen molar-refractivity contribution >= 4 is 16.0 Å². The number of sulfonamides is 1. The molecule has 0 atom stereocenters. The van der Waals surface area contributed by atoms with E-state index >= 15 is 0 Å². The van der Waals surface area contributed by atoms with Crippen molar-refractivity contribution in [1.29, 1.82) is 0 Å². The molecule has 134 valence electrons. The minimum Gasteiger partial charge on any atom is -0.476 e. The van der Waals surface area contributed by atoms with Crippen LogP contribution in [0.5, 0.6) is 0 Å². The Hall–Kier alpha value is -3.04. The molecule has 3 rings (SSSR count). The number of rotatable bonds is 4. The van der Waals surface area contributed by atoms with Crippen LogP contribution in [0.25, 0.3) is 16.9 Å². The predicted octanol–water partition coefficient (Wildman–Crippen LogP) is 2.33. The Labute approximate surface area is 148 Å². The maximum absolute atomic E-state index is 13.2. The molecule has 0 amide bonds. The van der Waals surface area contributed by atoms with Crippen molar-refractivity contribution in [2.24, 2.45) is 5.14 Å². The number of primary sulfonamides is 1. The van der Waals surface area contributed by atoms with Gasteiger partial charge in [-0.2, -0.15) is 5.10 Å². The zero-order chi connectivity index (χ0) is 19.1. The third kappa shape index (κ3) is 3.22. The van der Waals surface area contributed by atoms with Crippen LogP contribution in [0.15, 0.2) is 53.4 Å². The van der Waals surface area contributed by atoms with Gasteiger partial charge in [0.15, 0.2) is 5.69 Å². The fraction of sp³-hybridized carbons (Fsp3) is 0.0588. The van der Waals surface area contributed by atoms with Gasteiger partial charge in [-0.05, 0) is 55.5 Å². The number of nitrogens with two attached hydrogens (primary N) is 1. The standard InChI is InChI=1S/C17H14FN3O4S/c1-10-15(17(22)23)20-21(16(10)11-2-4-12(18)5-3-11)13-6-8-14(9-7-13)26(19,24)25/h2-9H,1H3,(H,22,23)(H2,19,24,25). The largest absolute Gasteiger partial charge is 0.476 e. The zero-order valence-corrected chi connectivity index (χ0v) is 14.4. The summed E-state index contributed by atoms with van der Waals surface area (Å²) in [6.45, 7) is 1.60. The average Bonchev–Trinajstić information content (AvgIpc) is 2.92. The molecule has 0 aliphatic carbocycles. The number of aromatic carboxylic acids is 1. The molecule has 1 aromatic heterocycles. The normalized spacial score (nSPS) is 11.5. The van der Waals surface area contributed by atoms with Gasteiger partial charge in [0.2, 0.25) is 10.0 Å². The van der Waals surface area contributed by atoms with E-state index in [0.29, 0.717) is 22.5 Å². The van der Waals surface area contributed by atoms with Crippen LogP contribution in [0.1, 0.15) is 16.1 Å². The second kappa shape index (κ2) is 6.36. The van der Waals surface area contributed by atoms with Crippen molar-refractivity contribution in [3.8, 4) is 16.9 Å². The van der Waals surface area contributed by atoms with Gasteiger partial charge < -0.3 is 5.11 Å². The summed E-state index contributed by atoms with van der Waals surface area (Å²) in [5.74, 6) is -1.63. The number of benzene rings is 2. The Bertz CT molecular complexity index is 1090. The number of carbonyl (C=O) groups is 1. The van der Waals surface area contributed by atoms with Gasteiger partial charge in [-0.25, -0.2) is 27.4 Å². The Morgan fingerprint density at radius 1 is 1.12 bits per heavy atom. The molecule has 0 aliphatic rings. The minimum atomic E-state index is -3.85. The van der Waals surface area contributed by atoms with Crippen LogP contribution >= 0.6 is 0 Å². The van der Waals surface area contributed by atoms with E-state index in [4.69, 9.17) is 5.14 Å². The quantitative estimate of drug-likeness (QED) is 0.726. The molecule has 26 heavy (non-hydrogen) atoms. The number of halogens is 1. The molecular weight excluding hydrogens is 361 g/mol. The highest BCUT2D eigenvalue weighted by atomic mass is 32.2. The van der Waals surface area contributed by atoms with E-state index in [2.05, 4.69) is 5.10 Å². The Balaban J connectivity index is 2.22. The summed E-state index contributed by atoms with van der Waals surface area (Å²) in [7, 11) is -3.85. The van der Waals surface area contributed by atoms with E-state index in [9.17, 15) is 22.7 Å². The van der Waals surface area contributed by atoms with Crippen LogP contribution in [0.4, 0.5) is 4.39 Å². The predicted molar refractivity (Wildman–Crippen MR) is 92.0 cm³/mol. The fourth-order valence-electron chi connectivity index (χ4n) is 2.61. The highest BCUT2D eigenvalue weighted by molar-refractivity contribution is 7.89. The lowest BCUT2D eigenvalue weighted by Crippen LogP contribution is -2.12. The van der Waals surface area contributed by atoms with E-state index in [0.717, 1.165) is 0 Å². The summed E-state index contributed by atoms with van der Waals surface area (Å²) in [5, 5.41) is 18.6. The van der Waals surface area contributed by atoms with E-state index in [1.54, 1.807) is 6.92 Å². The molecule has 0 aliphatic heterocycles. The Kier molecular flexibility index (Phi) is 4.34. The van der Waals surface area contributed by atoms with Gasteiger partial charge in [0.1, 0.15) is 5.82 Å². The molecule has 0 radical (unpaired) electrons. The molecule has 0 saturated heterocycles. The van der Waals surface area contributed by atoms with Crippen molar-refractivity contribution in [1.82, 2.24) is 9.78 Å². The summed E-state index contributed by atoms with van der Waals surface area (Å²) in [4.78, 5) is 11.4. The molecule has 0 spiro atoms. The number of carboxylic acids is 1. The molecule has 0 unspecified atom stereocenters. The van der Waals surface area contributed by atoms with Crippen molar-refractivity contribution in [2.75, 3.05) is 0 Å². The number of aromatic nitrogens is 2. The molecule has 0 bridgehead atoms. The monoisotopic (exact) mass is 375 g/mol. The van der Waals surface area contributed by atoms with Gasteiger partial charge in [0.05, 0.1) is 16.3 Å². The smallest absolute Gasteiger partial charge is 0.356 e. The lowest BCUT2D eigenvalue weighted by molar-refractivity contribution is 0.0689. The van der Waals surface area contributed by atoms with Crippen LogP contribution in [0, 0.1) is 12.7 Å². The molecule has 3 aromatic rings. The zero-order valence-electron chi connectivity index (χ0n) is 13.5. The maximum atomic E-state index is 13.2. The molecule has 3 N–H and O–H groups in total. The molecule has 0 fully saturated rings. The Morgan fingerprint density at radius 3 is 2.19 bits per heavy atom. The van der Waals surface area contributed by atoms with Crippen LogP contribution in [-0.2, 0) is 10.0 Å². The second-order valence-electron chi connectivity index (χ2n) is 5.58. The molecule has 1 heterocycles. The minimum absolute atomic E-state index is 0.0769. The third-order valence-electron chi connectivity index (χ3n) is 3.85. The highest BCUT2D eigenvalue weighted by Gasteiger charge is 2.22. The Morgan fingerprint density at radius 2 is 1.69 bits per heavy atom. The van der Waals surface area contributed by atoms with Crippen LogP contribution in [0.2, 0.25) is 0 Å². The number of nitrogens with zero attached hydrogens (tertiary/aromatic N) is 2. The van der Waals surface area contributed by atoms with Crippen LogP contribution in [-0.4, -0.2) is 29.3 Å². The third-order valence-corrected chi connectivity index (χ3v) is 4.78. The molecule has 7 nitrogen and oxygen atoms in total. The summed E-state index contributed by atoms with van der Waals surface area (Å²) in [5.41, 5.74) is 1.72. The first-order chi connectivity index (χ1) is 12.2. The molecule has 2 aromatic carbocycles. The summed E-state index contributed by atoms with van der Waals surface area (Å²) in [6.07, 6.45) is 0. The topological polar surface area (TPSA) is 115 Å².